The molecule has 0 aliphatic rings. The van der Waals surface area contributed by atoms with E-state index in [2.05, 4.69) is 0 Å². The standard InChI is InChI=1S/C34H36O6/c35-29(21-25-13-5-1-6-14-25)31(37)33(39,23-27-17-9-3-10-18-27)34(40,24-28-19-11-4-12-20-28)32(38)30(36)22-26-15-7-2-8-16-26/h1-20,29-31,35-37,39-40H,21-24H2/t29?,30?,31-,33+,34-/m1/s1. The molecule has 4 aromatic carbocycles. The fraction of sp³-hybridized carbons (Fsp3) is 0.265. The third-order valence-electron chi connectivity index (χ3n) is 7.46. The monoisotopic (exact) mass is 540 g/mol. The Morgan fingerprint density at radius 1 is 0.550 bits per heavy atom. The minimum atomic E-state index is -2.67. The number of carbonyl (C=O) groups is 1. The number of aliphatic hydroxyl groups excluding tert-OH is 3. The first kappa shape index (κ1) is 29.3. The summed E-state index contributed by atoms with van der Waals surface area (Å²) in [7, 11) is 0. The van der Waals surface area contributed by atoms with E-state index in [4.69, 9.17) is 0 Å². The number of Topliss-reactive ketones (excluding diaryl/α,β-unsaturated/α-hetero) is 1. The molecule has 0 bridgehead atoms. The zero-order chi connectivity index (χ0) is 28.6. The highest BCUT2D eigenvalue weighted by Crippen LogP contribution is 2.37. The number of rotatable bonds is 13. The van der Waals surface area contributed by atoms with Crippen LogP contribution in [0.2, 0.25) is 0 Å². The molecule has 0 aromatic heterocycles. The van der Waals surface area contributed by atoms with Crippen molar-refractivity contribution in [2.75, 3.05) is 0 Å². The first-order valence-electron chi connectivity index (χ1n) is 13.4. The van der Waals surface area contributed by atoms with E-state index in [0.29, 0.717) is 22.3 Å². The van der Waals surface area contributed by atoms with Crippen LogP contribution in [0.4, 0.5) is 0 Å². The zero-order valence-corrected chi connectivity index (χ0v) is 22.3. The van der Waals surface area contributed by atoms with Crippen molar-refractivity contribution in [1.29, 1.82) is 0 Å². The SMILES string of the molecule is O=C(C(O)Cc1ccccc1)[C@](O)(Cc1ccccc1)[C@](O)(Cc1ccccc1)[C@H](O)C(O)Cc1ccccc1. The fourth-order valence-corrected chi connectivity index (χ4v) is 5.24. The molecule has 208 valence electrons. The number of hydrogen-bond donors (Lipinski definition) is 5. The van der Waals surface area contributed by atoms with Gasteiger partial charge in [-0.05, 0) is 22.3 Å². The molecule has 5 atom stereocenters. The summed E-state index contributed by atoms with van der Waals surface area (Å²) in [6.07, 6.45) is -6.03. The predicted octanol–water partition coefficient (Wildman–Crippen LogP) is 3.07. The van der Waals surface area contributed by atoms with Crippen LogP contribution in [0.3, 0.4) is 0 Å². The van der Waals surface area contributed by atoms with Crippen molar-refractivity contribution < 1.29 is 30.3 Å². The summed E-state index contributed by atoms with van der Waals surface area (Å²) in [5.41, 5.74) is -2.82. The lowest BCUT2D eigenvalue weighted by atomic mass is 9.66. The Morgan fingerprint density at radius 2 is 0.925 bits per heavy atom. The number of carbonyl (C=O) groups excluding carboxylic acids is 1. The normalized spacial score (nSPS) is 16.7. The molecule has 0 saturated carbocycles. The highest BCUT2D eigenvalue weighted by Gasteiger charge is 2.60. The van der Waals surface area contributed by atoms with Gasteiger partial charge in [-0.3, -0.25) is 4.79 Å². The van der Waals surface area contributed by atoms with E-state index in [1.165, 1.54) is 0 Å². The number of aliphatic hydroxyl groups is 5. The fourth-order valence-electron chi connectivity index (χ4n) is 5.24. The first-order chi connectivity index (χ1) is 19.2. The Bertz CT molecular complexity index is 1330. The van der Waals surface area contributed by atoms with Crippen molar-refractivity contribution >= 4 is 5.78 Å². The second kappa shape index (κ2) is 13.1. The van der Waals surface area contributed by atoms with Gasteiger partial charge in [0.2, 0.25) is 0 Å². The van der Waals surface area contributed by atoms with Gasteiger partial charge in [-0.15, -0.1) is 0 Å². The highest BCUT2D eigenvalue weighted by atomic mass is 16.4. The van der Waals surface area contributed by atoms with Gasteiger partial charge in [0.25, 0.3) is 0 Å². The second-order valence-corrected chi connectivity index (χ2v) is 10.4. The largest absolute Gasteiger partial charge is 0.390 e. The summed E-state index contributed by atoms with van der Waals surface area (Å²) in [5, 5.41) is 58.6. The van der Waals surface area contributed by atoms with Crippen LogP contribution in [-0.4, -0.2) is 60.8 Å². The molecule has 0 radical (unpaired) electrons. The van der Waals surface area contributed by atoms with E-state index in [1.807, 2.05) is 12.1 Å². The van der Waals surface area contributed by atoms with Crippen molar-refractivity contribution in [3.05, 3.63) is 144 Å². The summed E-state index contributed by atoms with van der Waals surface area (Å²) in [5.74, 6) is -1.04. The quantitative estimate of drug-likeness (QED) is 0.178. The molecule has 0 aliphatic heterocycles. The summed E-state index contributed by atoms with van der Waals surface area (Å²) in [4.78, 5) is 14.0. The molecular formula is C34H36O6. The Labute approximate surface area is 234 Å². The van der Waals surface area contributed by atoms with Gasteiger partial charge < -0.3 is 25.5 Å². The molecule has 0 fully saturated rings. The Morgan fingerprint density at radius 3 is 1.38 bits per heavy atom. The van der Waals surface area contributed by atoms with Crippen LogP contribution in [0.5, 0.6) is 0 Å². The molecule has 6 nitrogen and oxygen atoms in total. The maximum absolute atomic E-state index is 14.0. The lowest BCUT2D eigenvalue weighted by Gasteiger charge is -2.47. The molecule has 6 heteroatoms. The molecule has 0 saturated heterocycles. The molecule has 0 heterocycles. The first-order valence-corrected chi connectivity index (χ1v) is 13.4. The van der Waals surface area contributed by atoms with Gasteiger partial charge >= 0.3 is 0 Å². The Kier molecular flexibility index (Phi) is 9.63. The number of ketones is 1. The molecule has 0 amide bonds. The Balaban J connectivity index is 1.78. The summed E-state index contributed by atoms with van der Waals surface area (Å²) in [6.45, 7) is 0. The molecule has 4 rings (SSSR count). The Hall–Kier alpha value is -3.65. The molecule has 0 spiro atoms. The summed E-state index contributed by atoms with van der Waals surface area (Å²) in [6, 6.07) is 35.1. The maximum atomic E-state index is 14.0. The van der Waals surface area contributed by atoms with E-state index in [1.54, 1.807) is 109 Å². The van der Waals surface area contributed by atoms with E-state index in [0.717, 1.165) is 0 Å². The van der Waals surface area contributed by atoms with Gasteiger partial charge in [0.1, 0.15) is 17.8 Å². The van der Waals surface area contributed by atoms with E-state index < -0.39 is 41.7 Å². The van der Waals surface area contributed by atoms with E-state index in [9.17, 15) is 30.3 Å². The minimum absolute atomic E-state index is 0.0265. The van der Waals surface area contributed by atoms with Crippen LogP contribution in [0.25, 0.3) is 0 Å². The lowest BCUT2D eigenvalue weighted by molar-refractivity contribution is -0.223. The molecule has 40 heavy (non-hydrogen) atoms. The van der Waals surface area contributed by atoms with Gasteiger partial charge in [-0.2, -0.15) is 0 Å². The van der Waals surface area contributed by atoms with Gasteiger partial charge in [0.15, 0.2) is 11.4 Å². The zero-order valence-electron chi connectivity index (χ0n) is 22.3. The van der Waals surface area contributed by atoms with E-state index in [-0.39, 0.29) is 19.3 Å². The highest BCUT2D eigenvalue weighted by molar-refractivity contribution is 5.93. The molecule has 5 N–H and O–H groups in total. The van der Waals surface area contributed by atoms with Crippen LogP contribution in [0.15, 0.2) is 121 Å². The van der Waals surface area contributed by atoms with Crippen molar-refractivity contribution in [3.63, 3.8) is 0 Å². The summed E-state index contributed by atoms with van der Waals surface area (Å²) < 4.78 is 0. The molecule has 4 aromatic rings. The molecule has 2 unspecified atom stereocenters. The maximum Gasteiger partial charge on any atom is 0.196 e. The van der Waals surface area contributed by atoms with Crippen molar-refractivity contribution in [2.24, 2.45) is 0 Å². The van der Waals surface area contributed by atoms with Gasteiger partial charge in [-0.1, -0.05) is 121 Å². The van der Waals surface area contributed by atoms with Crippen LogP contribution in [0, 0.1) is 0 Å². The third-order valence-corrected chi connectivity index (χ3v) is 7.46. The average Bonchev–Trinajstić information content (AvgIpc) is 2.98. The minimum Gasteiger partial charge on any atom is -0.390 e. The number of hydrogen-bond acceptors (Lipinski definition) is 6. The third kappa shape index (κ3) is 6.73. The van der Waals surface area contributed by atoms with Crippen molar-refractivity contribution in [2.45, 2.75) is 55.2 Å². The van der Waals surface area contributed by atoms with Crippen LogP contribution in [-0.2, 0) is 30.5 Å². The van der Waals surface area contributed by atoms with Gasteiger partial charge in [0.05, 0.1) is 6.10 Å². The summed E-state index contributed by atoms with van der Waals surface area (Å²) >= 11 is 0. The van der Waals surface area contributed by atoms with Crippen molar-refractivity contribution in [3.8, 4) is 0 Å². The van der Waals surface area contributed by atoms with E-state index >= 15 is 0 Å². The van der Waals surface area contributed by atoms with Crippen LogP contribution >= 0.6 is 0 Å². The van der Waals surface area contributed by atoms with Crippen LogP contribution in [0.1, 0.15) is 22.3 Å². The average molecular weight is 541 g/mol. The topological polar surface area (TPSA) is 118 Å². The number of benzene rings is 4. The van der Waals surface area contributed by atoms with Crippen LogP contribution < -0.4 is 0 Å². The van der Waals surface area contributed by atoms with Gasteiger partial charge in [0, 0.05) is 25.7 Å². The van der Waals surface area contributed by atoms with Gasteiger partial charge in [-0.25, -0.2) is 0 Å². The predicted molar refractivity (Wildman–Crippen MR) is 154 cm³/mol. The van der Waals surface area contributed by atoms with Crippen molar-refractivity contribution in [1.82, 2.24) is 0 Å². The smallest absolute Gasteiger partial charge is 0.196 e. The molecular weight excluding hydrogens is 504 g/mol. The molecule has 0 aliphatic carbocycles. The second-order valence-electron chi connectivity index (χ2n) is 10.4. The lowest BCUT2D eigenvalue weighted by Crippen LogP contribution is -2.71.